The van der Waals surface area contributed by atoms with E-state index in [0.717, 1.165) is 31.8 Å². The summed E-state index contributed by atoms with van der Waals surface area (Å²) in [7, 11) is 0. The summed E-state index contributed by atoms with van der Waals surface area (Å²) in [6.07, 6.45) is 0.988. The van der Waals surface area contributed by atoms with E-state index < -0.39 is 0 Å². The van der Waals surface area contributed by atoms with E-state index in [4.69, 9.17) is 16.6 Å². The summed E-state index contributed by atoms with van der Waals surface area (Å²) in [6.45, 7) is 2.86. The van der Waals surface area contributed by atoms with Crippen molar-refractivity contribution in [2.24, 2.45) is 0 Å². The number of aromatic amines is 1. The van der Waals surface area contributed by atoms with Crippen LogP contribution in [0.15, 0.2) is 34.7 Å². The van der Waals surface area contributed by atoms with Gasteiger partial charge in [-0.1, -0.05) is 30.3 Å². The van der Waals surface area contributed by atoms with Crippen LogP contribution < -0.4 is 0 Å². The Morgan fingerprint density at radius 3 is 2.94 bits per heavy atom. The molecule has 2 heterocycles. The maximum atomic E-state index is 5.49. The summed E-state index contributed by atoms with van der Waals surface area (Å²) in [5, 5.41) is 0. The van der Waals surface area contributed by atoms with E-state index in [2.05, 4.69) is 34.1 Å². The van der Waals surface area contributed by atoms with Crippen molar-refractivity contribution in [1.82, 2.24) is 9.88 Å². The lowest BCUT2D eigenvalue weighted by atomic mass is 10.1. The number of rotatable bonds is 2. The SMILES string of the molecule is S=c1[nH]c2c(o1)CN(Cc1ccccc1)CC2. The second-order valence-corrected chi connectivity index (χ2v) is 4.73. The van der Waals surface area contributed by atoms with E-state index in [9.17, 15) is 0 Å². The van der Waals surface area contributed by atoms with Crippen molar-refractivity contribution in [1.29, 1.82) is 0 Å². The van der Waals surface area contributed by atoms with Crippen molar-refractivity contribution in [3.8, 4) is 0 Å². The largest absolute Gasteiger partial charge is 0.433 e. The second-order valence-electron chi connectivity index (χ2n) is 4.36. The molecule has 0 unspecified atom stereocenters. The van der Waals surface area contributed by atoms with Gasteiger partial charge in [0.2, 0.25) is 0 Å². The molecule has 3 rings (SSSR count). The van der Waals surface area contributed by atoms with Crippen LogP contribution in [-0.2, 0) is 19.5 Å². The second kappa shape index (κ2) is 4.47. The molecule has 0 amide bonds. The summed E-state index contributed by atoms with van der Waals surface area (Å²) in [4.78, 5) is 5.98. The van der Waals surface area contributed by atoms with Gasteiger partial charge in [-0.15, -0.1) is 0 Å². The van der Waals surface area contributed by atoms with Gasteiger partial charge in [-0.25, -0.2) is 0 Å². The van der Waals surface area contributed by atoms with E-state index in [1.165, 1.54) is 11.3 Å². The van der Waals surface area contributed by atoms with Crippen molar-refractivity contribution in [3.63, 3.8) is 0 Å². The van der Waals surface area contributed by atoms with Crippen molar-refractivity contribution in [3.05, 3.63) is 52.2 Å². The molecule has 1 aromatic heterocycles. The lowest BCUT2D eigenvalue weighted by molar-refractivity contribution is 0.220. The molecule has 0 spiro atoms. The summed E-state index contributed by atoms with van der Waals surface area (Å²) in [5.74, 6) is 0.997. The molecular weight excluding hydrogens is 232 g/mol. The standard InChI is InChI=1S/C13H14N2OS/c17-13-14-11-6-7-15(9-12(11)16-13)8-10-4-2-1-3-5-10/h1-5H,6-9H2,(H,14,17). The minimum absolute atomic E-state index is 0.497. The number of oxazole rings is 1. The highest BCUT2D eigenvalue weighted by Crippen LogP contribution is 2.19. The molecule has 0 radical (unpaired) electrons. The molecule has 1 N–H and O–H groups in total. The average Bonchev–Trinajstić information content (AvgIpc) is 2.70. The molecule has 88 valence electrons. The number of benzene rings is 1. The fourth-order valence-corrected chi connectivity index (χ4v) is 2.47. The highest BCUT2D eigenvalue weighted by Gasteiger charge is 2.19. The Balaban J connectivity index is 1.74. The lowest BCUT2D eigenvalue weighted by Crippen LogP contribution is -2.29. The van der Waals surface area contributed by atoms with Gasteiger partial charge in [0, 0.05) is 19.5 Å². The normalized spacial score (nSPS) is 15.8. The molecule has 0 fully saturated rings. The maximum absolute atomic E-state index is 5.49. The predicted octanol–water partition coefficient (Wildman–Crippen LogP) is 2.90. The molecule has 4 heteroatoms. The van der Waals surface area contributed by atoms with Gasteiger partial charge in [-0.05, 0) is 17.8 Å². The smallest absolute Gasteiger partial charge is 0.266 e. The van der Waals surface area contributed by atoms with Crippen LogP contribution in [-0.4, -0.2) is 16.4 Å². The fourth-order valence-electron chi connectivity index (χ4n) is 2.25. The highest BCUT2D eigenvalue weighted by atomic mass is 32.1. The molecule has 2 aromatic rings. The zero-order chi connectivity index (χ0) is 11.7. The summed E-state index contributed by atoms with van der Waals surface area (Å²) in [5.41, 5.74) is 2.50. The van der Waals surface area contributed by atoms with Gasteiger partial charge in [0.1, 0.15) is 5.76 Å². The fraction of sp³-hybridized carbons (Fsp3) is 0.308. The predicted molar refractivity (Wildman–Crippen MR) is 68.2 cm³/mol. The zero-order valence-corrected chi connectivity index (χ0v) is 10.3. The average molecular weight is 246 g/mol. The van der Waals surface area contributed by atoms with Crippen molar-refractivity contribution in [2.45, 2.75) is 19.5 Å². The molecule has 0 saturated heterocycles. The Labute approximate surface area is 105 Å². The van der Waals surface area contributed by atoms with E-state index in [1.54, 1.807) is 0 Å². The molecule has 1 aromatic carbocycles. The molecule has 1 aliphatic heterocycles. The number of nitrogens with zero attached hydrogens (tertiary/aromatic N) is 1. The molecule has 1 aliphatic rings. The van der Waals surface area contributed by atoms with Crippen molar-refractivity contribution < 1.29 is 4.42 Å². The summed E-state index contributed by atoms with van der Waals surface area (Å²) >= 11 is 5.01. The summed E-state index contributed by atoms with van der Waals surface area (Å²) in [6, 6.07) is 10.5. The first-order chi connectivity index (χ1) is 8.31. The van der Waals surface area contributed by atoms with Crippen LogP contribution in [0.25, 0.3) is 0 Å². The first kappa shape index (κ1) is 10.7. The van der Waals surface area contributed by atoms with Crippen LogP contribution in [0, 0.1) is 4.84 Å². The zero-order valence-electron chi connectivity index (χ0n) is 9.48. The van der Waals surface area contributed by atoms with Crippen LogP contribution in [0.4, 0.5) is 0 Å². The van der Waals surface area contributed by atoms with E-state index in [-0.39, 0.29) is 0 Å². The van der Waals surface area contributed by atoms with Gasteiger partial charge in [0.15, 0.2) is 0 Å². The Morgan fingerprint density at radius 2 is 2.12 bits per heavy atom. The van der Waals surface area contributed by atoms with Crippen LogP contribution in [0.1, 0.15) is 17.0 Å². The number of hydrogen-bond donors (Lipinski definition) is 1. The molecule has 0 bridgehead atoms. The number of fused-ring (bicyclic) bond motifs is 1. The van der Waals surface area contributed by atoms with Gasteiger partial charge >= 0.3 is 0 Å². The van der Waals surface area contributed by atoms with Gasteiger partial charge in [-0.2, -0.15) is 0 Å². The summed E-state index contributed by atoms with van der Waals surface area (Å²) < 4.78 is 5.49. The minimum atomic E-state index is 0.497. The van der Waals surface area contributed by atoms with Gasteiger partial charge in [0.25, 0.3) is 4.84 Å². The van der Waals surface area contributed by atoms with E-state index >= 15 is 0 Å². The molecule has 0 atom stereocenters. The molecular formula is C13H14N2OS. The Kier molecular flexibility index (Phi) is 2.82. The third-order valence-corrected chi connectivity index (χ3v) is 3.29. The Morgan fingerprint density at radius 1 is 1.29 bits per heavy atom. The number of aromatic nitrogens is 1. The minimum Gasteiger partial charge on any atom is -0.433 e. The number of H-pyrrole nitrogens is 1. The van der Waals surface area contributed by atoms with E-state index in [0.29, 0.717) is 4.84 Å². The van der Waals surface area contributed by atoms with Gasteiger partial charge in [0.05, 0.1) is 12.2 Å². The van der Waals surface area contributed by atoms with Crippen molar-refractivity contribution in [2.75, 3.05) is 6.54 Å². The molecule has 17 heavy (non-hydrogen) atoms. The first-order valence-corrected chi connectivity index (χ1v) is 6.19. The lowest BCUT2D eigenvalue weighted by Gasteiger charge is -2.25. The number of hydrogen-bond acceptors (Lipinski definition) is 3. The third-order valence-electron chi connectivity index (χ3n) is 3.10. The third kappa shape index (κ3) is 2.33. The van der Waals surface area contributed by atoms with Crippen LogP contribution >= 0.6 is 12.2 Å². The quantitative estimate of drug-likeness (QED) is 0.827. The Hall–Kier alpha value is -1.39. The topological polar surface area (TPSA) is 32.2 Å². The maximum Gasteiger partial charge on any atom is 0.266 e. The molecule has 0 aliphatic carbocycles. The monoisotopic (exact) mass is 246 g/mol. The van der Waals surface area contributed by atoms with Crippen LogP contribution in [0.2, 0.25) is 0 Å². The van der Waals surface area contributed by atoms with Crippen LogP contribution in [0.5, 0.6) is 0 Å². The first-order valence-electron chi connectivity index (χ1n) is 5.78. The molecule has 3 nitrogen and oxygen atoms in total. The molecule has 0 saturated carbocycles. The van der Waals surface area contributed by atoms with Gasteiger partial charge < -0.3 is 9.40 Å². The van der Waals surface area contributed by atoms with Crippen molar-refractivity contribution >= 4 is 12.2 Å². The Bertz CT molecular complexity index is 558. The van der Waals surface area contributed by atoms with Gasteiger partial charge in [-0.3, -0.25) is 4.90 Å². The van der Waals surface area contributed by atoms with Crippen LogP contribution in [0.3, 0.4) is 0 Å². The van der Waals surface area contributed by atoms with E-state index in [1.807, 2.05) is 6.07 Å². The highest BCUT2D eigenvalue weighted by molar-refractivity contribution is 7.71. The number of nitrogens with one attached hydrogen (secondary N) is 1.